The van der Waals surface area contributed by atoms with Gasteiger partial charge in [0, 0.05) is 0 Å². The fraction of sp³-hybridized carbons (Fsp3) is 0. The Kier molecular flexibility index (Phi) is 3.89. The quantitative estimate of drug-likeness (QED) is 0.655. The van der Waals surface area contributed by atoms with E-state index in [0.29, 0.717) is 16.7 Å². The molecule has 0 aromatic heterocycles. The Hall–Kier alpha value is -1.43. The second-order valence-electron chi connectivity index (χ2n) is 3.77. The van der Waals surface area contributed by atoms with E-state index in [-0.39, 0.29) is 10.7 Å². The molecule has 0 amide bonds. The summed E-state index contributed by atoms with van der Waals surface area (Å²) in [6, 6.07) is 10.4. The first kappa shape index (κ1) is 14.0. The van der Waals surface area contributed by atoms with Gasteiger partial charge in [0.1, 0.15) is 0 Å². The van der Waals surface area contributed by atoms with Gasteiger partial charge >= 0.3 is 121 Å². The van der Waals surface area contributed by atoms with Crippen LogP contribution in [-0.4, -0.2) is 8.42 Å². The second kappa shape index (κ2) is 5.28. The molecule has 0 heterocycles. The third-order valence-corrected chi connectivity index (χ3v) is 4.89. The first-order chi connectivity index (χ1) is 8.91. The zero-order valence-corrected chi connectivity index (χ0v) is 12.6. The van der Waals surface area contributed by atoms with Crippen molar-refractivity contribution in [2.24, 2.45) is 0 Å². The molecule has 0 saturated heterocycles. The molecule has 19 heavy (non-hydrogen) atoms. The van der Waals surface area contributed by atoms with E-state index in [2.05, 4.69) is 5.92 Å². The first-order valence-corrected chi connectivity index (χ1v) is 9.32. The van der Waals surface area contributed by atoms with E-state index in [1.807, 2.05) is 0 Å². The van der Waals surface area contributed by atoms with Gasteiger partial charge < -0.3 is 0 Å². The van der Waals surface area contributed by atoms with Crippen LogP contribution in [0, 0.1) is 18.2 Å². The number of terminal acetylenes is 1. The summed E-state index contributed by atoms with van der Waals surface area (Å²) in [7, 11) is -3.44. The van der Waals surface area contributed by atoms with Crippen LogP contribution >= 0.6 is 0 Å². The summed E-state index contributed by atoms with van der Waals surface area (Å²) in [5.74, 6) is 2.03. The van der Waals surface area contributed by atoms with Crippen LogP contribution in [0.1, 0.15) is 5.56 Å². The number of benzene rings is 2. The third kappa shape index (κ3) is 3.12. The standard InChI is InChI=1S/C14H8FO2S.Pt/c1-2-10-3-8-13(14(9-10)18(16)17)11-4-6-12(15)7-5-11;/h1,3-9H;. The average Bonchev–Trinajstić information content (AvgIpc) is 2.38. The molecular formula is C14H8FO2PtS. The van der Waals surface area contributed by atoms with Gasteiger partial charge in [0.15, 0.2) is 0 Å². The second-order valence-corrected chi connectivity index (χ2v) is 8.68. The van der Waals surface area contributed by atoms with Gasteiger partial charge in [-0.1, -0.05) is 0 Å². The molecule has 0 spiro atoms. The minimum atomic E-state index is -3.44. The van der Waals surface area contributed by atoms with Crippen molar-refractivity contribution in [3.8, 4) is 23.5 Å². The maximum atomic E-state index is 12.9. The Morgan fingerprint density at radius 1 is 1.11 bits per heavy atom. The van der Waals surface area contributed by atoms with Crippen LogP contribution in [0.5, 0.6) is 0 Å². The fourth-order valence-electron chi connectivity index (χ4n) is 1.67. The van der Waals surface area contributed by atoms with Gasteiger partial charge in [0.05, 0.1) is 0 Å². The summed E-state index contributed by atoms with van der Waals surface area (Å²) in [6.45, 7) is 0. The molecule has 0 radical (unpaired) electrons. The van der Waals surface area contributed by atoms with Gasteiger partial charge in [-0.15, -0.1) is 0 Å². The van der Waals surface area contributed by atoms with Crippen LogP contribution in [0.3, 0.4) is 0 Å². The van der Waals surface area contributed by atoms with Crippen LogP contribution in [-0.2, 0) is 26.1 Å². The molecule has 5 heteroatoms. The molecule has 0 unspecified atom stereocenters. The van der Waals surface area contributed by atoms with Crippen LogP contribution in [0.2, 0.25) is 0 Å². The molecule has 0 saturated carbocycles. The predicted molar refractivity (Wildman–Crippen MR) is 67.0 cm³/mol. The van der Waals surface area contributed by atoms with Crippen molar-refractivity contribution in [2.45, 2.75) is 4.90 Å². The number of halogens is 1. The zero-order valence-electron chi connectivity index (χ0n) is 9.54. The van der Waals surface area contributed by atoms with Gasteiger partial charge in [-0.3, -0.25) is 0 Å². The summed E-state index contributed by atoms with van der Waals surface area (Å²) in [5.41, 5.74) is 1.62. The SMILES string of the molecule is C#Cc1ccc(-c2ccc(F)cc2)c([S](=O)(=O)[Pt])c1. The molecule has 2 aromatic carbocycles. The topological polar surface area (TPSA) is 34.1 Å². The molecule has 2 nitrogen and oxygen atoms in total. The fourth-order valence-corrected chi connectivity index (χ4v) is 3.52. The molecule has 0 bridgehead atoms. The van der Waals surface area contributed by atoms with E-state index in [9.17, 15) is 12.8 Å². The van der Waals surface area contributed by atoms with E-state index < -0.39 is 7.54 Å². The number of hydrogen-bond donors (Lipinski definition) is 0. The van der Waals surface area contributed by atoms with Gasteiger partial charge in [0.25, 0.3) is 0 Å². The van der Waals surface area contributed by atoms with Gasteiger partial charge in [-0.05, 0) is 0 Å². The summed E-state index contributed by atoms with van der Waals surface area (Å²) >= 11 is 1.35. The van der Waals surface area contributed by atoms with Crippen molar-refractivity contribution < 1.29 is 31.3 Å². The Morgan fingerprint density at radius 2 is 1.74 bits per heavy atom. The van der Waals surface area contributed by atoms with Crippen LogP contribution in [0.25, 0.3) is 11.1 Å². The number of hydrogen-bond acceptors (Lipinski definition) is 2. The monoisotopic (exact) mass is 454 g/mol. The van der Waals surface area contributed by atoms with E-state index in [0.717, 1.165) is 0 Å². The van der Waals surface area contributed by atoms with Crippen molar-refractivity contribution in [2.75, 3.05) is 0 Å². The molecule has 0 N–H and O–H groups in total. The first-order valence-electron chi connectivity index (χ1n) is 5.20. The van der Waals surface area contributed by atoms with E-state index >= 15 is 0 Å². The van der Waals surface area contributed by atoms with Gasteiger partial charge in [0.2, 0.25) is 0 Å². The van der Waals surface area contributed by atoms with Crippen molar-refractivity contribution in [3.05, 3.63) is 53.8 Å². The molecule has 2 aromatic rings. The molecule has 0 atom stereocenters. The molecule has 0 aliphatic carbocycles. The Morgan fingerprint density at radius 3 is 2.26 bits per heavy atom. The van der Waals surface area contributed by atoms with Crippen molar-refractivity contribution in [3.63, 3.8) is 0 Å². The molecule has 2 rings (SSSR count). The predicted octanol–water partition coefficient (Wildman–Crippen LogP) is 2.71. The van der Waals surface area contributed by atoms with Crippen LogP contribution < -0.4 is 0 Å². The Balaban J connectivity index is 2.70. The summed E-state index contributed by atoms with van der Waals surface area (Å²) in [6.07, 6.45) is 5.27. The molecule has 0 aliphatic heterocycles. The molecular weight excluding hydrogens is 446 g/mol. The number of rotatable bonds is 2. The normalized spacial score (nSPS) is 11.1. The summed E-state index contributed by atoms with van der Waals surface area (Å²) < 4.78 is 36.5. The molecule has 99 valence electrons. The summed E-state index contributed by atoms with van der Waals surface area (Å²) in [4.78, 5) is 0.135. The Bertz CT molecular complexity index is 759. The average molecular weight is 454 g/mol. The molecule has 0 fully saturated rings. The van der Waals surface area contributed by atoms with Crippen molar-refractivity contribution in [1.29, 1.82) is 0 Å². The van der Waals surface area contributed by atoms with Gasteiger partial charge in [-0.2, -0.15) is 0 Å². The van der Waals surface area contributed by atoms with E-state index in [1.165, 1.54) is 48.9 Å². The zero-order chi connectivity index (χ0) is 14.0. The maximum absolute atomic E-state index is 12.9. The van der Waals surface area contributed by atoms with E-state index in [4.69, 9.17) is 6.42 Å². The minimum absolute atomic E-state index is 0.135. The van der Waals surface area contributed by atoms with Crippen molar-refractivity contribution >= 4 is 7.54 Å². The van der Waals surface area contributed by atoms with Crippen LogP contribution in [0.4, 0.5) is 4.39 Å². The van der Waals surface area contributed by atoms with Gasteiger partial charge in [-0.25, -0.2) is 0 Å². The summed E-state index contributed by atoms with van der Waals surface area (Å²) in [5, 5.41) is 0. The molecule has 0 aliphatic rings. The van der Waals surface area contributed by atoms with Crippen LogP contribution in [0.15, 0.2) is 47.4 Å². The third-order valence-electron chi connectivity index (χ3n) is 2.55. The Labute approximate surface area is 121 Å². The van der Waals surface area contributed by atoms with Crippen molar-refractivity contribution in [1.82, 2.24) is 0 Å². The van der Waals surface area contributed by atoms with E-state index in [1.54, 1.807) is 12.1 Å².